The number of hydrogen-bond donors (Lipinski definition) is 4. The van der Waals surface area contributed by atoms with E-state index in [2.05, 4.69) is 105 Å². The van der Waals surface area contributed by atoms with Crippen molar-refractivity contribution in [3.05, 3.63) is 110 Å². The predicted octanol–water partition coefficient (Wildman–Crippen LogP) is 8.56. The van der Waals surface area contributed by atoms with E-state index in [1.54, 1.807) is 0 Å². The molecule has 0 aliphatic heterocycles. The lowest BCUT2D eigenvalue weighted by molar-refractivity contribution is 1.39. The van der Waals surface area contributed by atoms with Gasteiger partial charge < -0.3 is 19.9 Å². The van der Waals surface area contributed by atoms with Gasteiger partial charge in [-0.25, -0.2) is 0 Å². The van der Waals surface area contributed by atoms with E-state index in [1.807, 2.05) is 24.8 Å². The molecule has 0 atom stereocenters. The number of aromatic nitrogens is 4. The van der Waals surface area contributed by atoms with Gasteiger partial charge in [0.2, 0.25) is 0 Å². The summed E-state index contributed by atoms with van der Waals surface area (Å²) in [7, 11) is 0. The summed E-state index contributed by atoms with van der Waals surface area (Å²) < 4.78 is 0. The van der Waals surface area contributed by atoms with Crippen LogP contribution in [-0.2, 0) is 0 Å². The Balaban J connectivity index is 1.62. The smallest absolute Gasteiger partial charge is 0.0460 e. The predicted molar refractivity (Wildman–Crippen MR) is 149 cm³/mol. The monoisotopic (exact) mass is 462 g/mol. The van der Waals surface area contributed by atoms with Crippen molar-refractivity contribution < 1.29 is 0 Å². The van der Waals surface area contributed by atoms with Crippen LogP contribution in [0.15, 0.2) is 110 Å². The fourth-order valence-corrected chi connectivity index (χ4v) is 5.88. The van der Waals surface area contributed by atoms with E-state index in [4.69, 9.17) is 0 Å². The SMILES string of the molecule is c1c[nH]c(-c2cc(-c3ccc[nH]3)c3ccc4c(-c5ccc[nH]5)cc(-c5ccc[nH]5)c5ccc2c3c54)c1. The molecule has 4 aromatic carbocycles. The zero-order valence-electron chi connectivity index (χ0n) is 19.4. The first-order valence-electron chi connectivity index (χ1n) is 12.2. The zero-order valence-corrected chi connectivity index (χ0v) is 19.4. The van der Waals surface area contributed by atoms with Crippen LogP contribution in [0.1, 0.15) is 0 Å². The van der Waals surface area contributed by atoms with E-state index in [1.165, 1.54) is 54.6 Å². The van der Waals surface area contributed by atoms with Crippen LogP contribution in [0.4, 0.5) is 0 Å². The van der Waals surface area contributed by atoms with Gasteiger partial charge >= 0.3 is 0 Å². The maximum absolute atomic E-state index is 3.45. The summed E-state index contributed by atoms with van der Waals surface area (Å²) in [6.45, 7) is 0. The van der Waals surface area contributed by atoms with Crippen molar-refractivity contribution in [2.45, 2.75) is 0 Å². The van der Waals surface area contributed by atoms with Gasteiger partial charge in [0, 0.05) is 69.8 Å². The molecule has 36 heavy (non-hydrogen) atoms. The zero-order chi connectivity index (χ0) is 23.6. The van der Waals surface area contributed by atoms with E-state index in [0.29, 0.717) is 0 Å². The largest absolute Gasteiger partial charge is 0.361 e. The first kappa shape index (κ1) is 19.4. The molecule has 0 radical (unpaired) electrons. The maximum Gasteiger partial charge on any atom is 0.0460 e. The van der Waals surface area contributed by atoms with Crippen molar-refractivity contribution in [1.29, 1.82) is 0 Å². The third-order valence-electron chi connectivity index (χ3n) is 7.45. The van der Waals surface area contributed by atoms with Gasteiger partial charge in [-0.2, -0.15) is 0 Å². The standard InChI is InChI=1S/C32H22N4/c1-5-27(33-13-1)23-17-24(28-6-2-14-34-28)20-11-12-22-26(30-8-4-16-36-30)18-25(29-7-3-15-35-29)21-10-9-19(23)31(20)32(21)22/h1-18,33-36H. The lowest BCUT2D eigenvalue weighted by Crippen LogP contribution is -1.94. The summed E-state index contributed by atoms with van der Waals surface area (Å²) in [6.07, 6.45) is 7.98. The minimum atomic E-state index is 1.12. The second-order valence-corrected chi connectivity index (χ2v) is 9.35. The van der Waals surface area contributed by atoms with Crippen molar-refractivity contribution in [1.82, 2.24) is 19.9 Å². The van der Waals surface area contributed by atoms with Crippen LogP contribution < -0.4 is 0 Å². The van der Waals surface area contributed by atoms with Crippen molar-refractivity contribution in [3.63, 3.8) is 0 Å². The lowest BCUT2D eigenvalue weighted by Gasteiger charge is -2.20. The van der Waals surface area contributed by atoms with Crippen molar-refractivity contribution in [2.24, 2.45) is 0 Å². The number of benzene rings is 4. The van der Waals surface area contributed by atoms with E-state index in [9.17, 15) is 0 Å². The first-order valence-corrected chi connectivity index (χ1v) is 12.2. The quantitative estimate of drug-likeness (QED) is 0.189. The van der Waals surface area contributed by atoms with Crippen LogP contribution in [0.2, 0.25) is 0 Å². The molecule has 4 heteroatoms. The van der Waals surface area contributed by atoms with E-state index >= 15 is 0 Å². The molecule has 4 nitrogen and oxygen atoms in total. The molecule has 0 aliphatic rings. The molecule has 170 valence electrons. The molecule has 8 rings (SSSR count). The molecule has 4 N–H and O–H groups in total. The summed E-state index contributed by atoms with van der Waals surface area (Å²) in [4.78, 5) is 13.8. The molecule has 4 aromatic heterocycles. The molecular weight excluding hydrogens is 440 g/mol. The highest BCUT2D eigenvalue weighted by Gasteiger charge is 2.21. The second-order valence-electron chi connectivity index (χ2n) is 9.35. The van der Waals surface area contributed by atoms with Crippen molar-refractivity contribution in [3.8, 4) is 45.0 Å². The van der Waals surface area contributed by atoms with Gasteiger partial charge in [-0.05, 0) is 93.0 Å². The highest BCUT2D eigenvalue weighted by molar-refractivity contribution is 6.31. The van der Waals surface area contributed by atoms with Crippen molar-refractivity contribution >= 4 is 32.3 Å². The summed E-state index contributed by atoms with van der Waals surface area (Å²) in [5, 5.41) is 7.60. The molecule has 0 saturated heterocycles. The molecule has 0 spiro atoms. The molecule has 0 amide bonds. The lowest BCUT2D eigenvalue weighted by atomic mass is 9.84. The number of rotatable bonds is 4. The Kier molecular flexibility index (Phi) is 3.91. The Morgan fingerprint density at radius 2 is 0.611 bits per heavy atom. The van der Waals surface area contributed by atoms with Gasteiger partial charge in [-0.15, -0.1) is 0 Å². The summed E-state index contributed by atoms with van der Waals surface area (Å²) in [6, 6.07) is 30.7. The minimum Gasteiger partial charge on any atom is -0.361 e. The Bertz CT molecular complexity index is 1670. The Labute approximate surface area is 207 Å². The molecule has 0 aliphatic carbocycles. The highest BCUT2D eigenvalue weighted by atomic mass is 14.7. The number of hydrogen-bond acceptors (Lipinski definition) is 0. The fraction of sp³-hybridized carbons (Fsp3) is 0. The number of nitrogens with one attached hydrogen (secondary N) is 4. The van der Waals surface area contributed by atoms with Gasteiger partial charge in [0.25, 0.3) is 0 Å². The summed E-state index contributed by atoms with van der Waals surface area (Å²) in [5.74, 6) is 0. The van der Waals surface area contributed by atoms with E-state index < -0.39 is 0 Å². The summed E-state index contributed by atoms with van der Waals surface area (Å²) >= 11 is 0. The van der Waals surface area contributed by atoms with Crippen LogP contribution in [0.25, 0.3) is 77.3 Å². The van der Waals surface area contributed by atoms with Crippen LogP contribution >= 0.6 is 0 Å². The van der Waals surface area contributed by atoms with Crippen LogP contribution in [-0.4, -0.2) is 19.9 Å². The average Bonchev–Trinajstić information content (AvgIpc) is 3.74. The third-order valence-corrected chi connectivity index (χ3v) is 7.45. The molecule has 0 unspecified atom stereocenters. The fourth-order valence-electron chi connectivity index (χ4n) is 5.88. The first-order chi connectivity index (χ1) is 17.9. The Hall–Kier alpha value is -4.96. The Morgan fingerprint density at radius 3 is 0.833 bits per heavy atom. The normalized spacial score (nSPS) is 11.9. The second kappa shape index (κ2) is 7.27. The highest BCUT2D eigenvalue weighted by Crippen LogP contribution is 2.47. The average molecular weight is 463 g/mol. The van der Waals surface area contributed by atoms with Gasteiger partial charge in [-0.3, -0.25) is 0 Å². The molecule has 0 fully saturated rings. The summed E-state index contributed by atoms with van der Waals surface area (Å²) in [5.41, 5.74) is 9.31. The van der Waals surface area contributed by atoms with Gasteiger partial charge in [0.15, 0.2) is 0 Å². The molecule has 0 bridgehead atoms. The molecular formula is C32H22N4. The minimum absolute atomic E-state index is 1.12. The number of H-pyrrole nitrogens is 4. The maximum atomic E-state index is 3.45. The molecule has 0 saturated carbocycles. The van der Waals surface area contributed by atoms with Crippen LogP contribution in [0.5, 0.6) is 0 Å². The van der Waals surface area contributed by atoms with Gasteiger partial charge in [0.1, 0.15) is 0 Å². The van der Waals surface area contributed by atoms with Gasteiger partial charge in [-0.1, -0.05) is 24.3 Å². The molecule has 8 aromatic rings. The number of aromatic amines is 4. The molecule has 4 heterocycles. The van der Waals surface area contributed by atoms with E-state index in [-0.39, 0.29) is 0 Å². The van der Waals surface area contributed by atoms with Crippen LogP contribution in [0, 0.1) is 0 Å². The Morgan fingerprint density at radius 1 is 0.333 bits per heavy atom. The van der Waals surface area contributed by atoms with Crippen molar-refractivity contribution in [2.75, 3.05) is 0 Å². The topological polar surface area (TPSA) is 63.2 Å². The third kappa shape index (κ3) is 2.64. The van der Waals surface area contributed by atoms with Crippen LogP contribution in [0.3, 0.4) is 0 Å². The van der Waals surface area contributed by atoms with E-state index in [0.717, 1.165) is 22.8 Å². The van der Waals surface area contributed by atoms with Gasteiger partial charge in [0.05, 0.1) is 0 Å².